The van der Waals surface area contributed by atoms with E-state index in [2.05, 4.69) is 15.1 Å². The molecule has 0 spiro atoms. The van der Waals surface area contributed by atoms with Crippen LogP contribution in [0.4, 0.5) is 5.69 Å². The molecule has 0 atom stereocenters. The molecule has 0 radical (unpaired) electrons. The van der Waals surface area contributed by atoms with Crippen molar-refractivity contribution in [2.45, 2.75) is 6.92 Å². The first-order valence-electron chi connectivity index (χ1n) is 5.85. The van der Waals surface area contributed by atoms with Crippen molar-refractivity contribution in [3.8, 4) is 22.8 Å². The fourth-order valence-electron chi connectivity index (χ4n) is 1.84. The highest BCUT2D eigenvalue weighted by Gasteiger charge is 2.13. The largest absolute Gasteiger partial charge is 0.398 e. The van der Waals surface area contributed by atoms with Crippen molar-refractivity contribution in [1.82, 2.24) is 15.1 Å². The molecule has 2 aromatic heterocycles. The highest BCUT2D eigenvalue weighted by atomic mass is 16.5. The van der Waals surface area contributed by atoms with Crippen molar-refractivity contribution < 1.29 is 4.52 Å². The van der Waals surface area contributed by atoms with Gasteiger partial charge in [0.2, 0.25) is 5.82 Å². The van der Waals surface area contributed by atoms with Crippen LogP contribution in [0.2, 0.25) is 0 Å². The SMILES string of the molecule is Cc1c(N)cccc1-c1noc(-c2cccnc2)n1. The van der Waals surface area contributed by atoms with Gasteiger partial charge in [-0.25, -0.2) is 0 Å². The number of hydrogen-bond donors (Lipinski definition) is 1. The summed E-state index contributed by atoms with van der Waals surface area (Å²) in [5, 5.41) is 4.00. The normalized spacial score (nSPS) is 10.6. The molecule has 0 fully saturated rings. The van der Waals surface area contributed by atoms with E-state index < -0.39 is 0 Å². The van der Waals surface area contributed by atoms with Crippen molar-refractivity contribution in [2.24, 2.45) is 0 Å². The Bertz CT molecular complexity index is 706. The Hall–Kier alpha value is -2.69. The summed E-state index contributed by atoms with van der Waals surface area (Å²) < 4.78 is 5.26. The van der Waals surface area contributed by atoms with Gasteiger partial charge < -0.3 is 10.3 Å². The lowest BCUT2D eigenvalue weighted by Gasteiger charge is -2.03. The van der Waals surface area contributed by atoms with E-state index in [9.17, 15) is 0 Å². The molecule has 0 unspecified atom stereocenters. The van der Waals surface area contributed by atoms with Gasteiger partial charge in [0.05, 0.1) is 5.56 Å². The van der Waals surface area contributed by atoms with E-state index in [0.29, 0.717) is 17.4 Å². The molecule has 94 valence electrons. The number of rotatable bonds is 2. The molecule has 2 N–H and O–H groups in total. The number of benzene rings is 1. The molecule has 0 saturated carbocycles. The maximum atomic E-state index is 5.88. The average Bonchev–Trinajstić information content (AvgIpc) is 2.92. The summed E-state index contributed by atoms with van der Waals surface area (Å²) >= 11 is 0. The third kappa shape index (κ3) is 2.06. The number of anilines is 1. The first-order chi connectivity index (χ1) is 9.25. The van der Waals surface area contributed by atoms with Crippen LogP contribution in [0.1, 0.15) is 5.56 Å². The monoisotopic (exact) mass is 252 g/mol. The van der Waals surface area contributed by atoms with Gasteiger partial charge in [-0.1, -0.05) is 17.3 Å². The number of nitrogens with zero attached hydrogens (tertiary/aromatic N) is 3. The Labute approximate surface area is 110 Å². The maximum absolute atomic E-state index is 5.88. The first-order valence-corrected chi connectivity index (χ1v) is 5.85. The van der Waals surface area contributed by atoms with E-state index in [0.717, 1.165) is 16.7 Å². The fourth-order valence-corrected chi connectivity index (χ4v) is 1.84. The Kier molecular flexibility index (Phi) is 2.72. The summed E-state index contributed by atoms with van der Waals surface area (Å²) in [4.78, 5) is 8.41. The van der Waals surface area contributed by atoms with E-state index in [4.69, 9.17) is 10.3 Å². The lowest BCUT2D eigenvalue weighted by molar-refractivity contribution is 0.432. The van der Waals surface area contributed by atoms with Gasteiger partial charge in [0.25, 0.3) is 5.89 Å². The van der Waals surface area contributed by atoms with Crippen LogP contribution in [-0.2, 0) is 0 Å². The zero-order chi connectivity index (χ0) is 13.2. The number of nitrogen functional groups attached to an aromatic ring is 1. The Balaban J connectivity index is 2.05. The van der Waals surface area contributed by atoms with Crippen LogP contribution < -0.4 is 5.73 Å². The third-order valence-electron chi connectivity index (χ3n) is 2.95. The molecule has 19 heavy (non-hydrogen) atoms. The first kappa shape index (κ1) is 11.4. The molecule has 5 nitrogen and oxygen atoms in total. The molecule has 0 bridgehead atoms. The van der Waals surface area contributed by atoms with Gasteiger partial charge in [-0.15, -0.1) is 0 Å². The molecule has 0 amide bonds. The van der Waals surface area contributed by atoms with E-state index in [1.807, 2.05) is 37.3 Å². The van der Waals surface area contributed by atoms with Crippen molar-refractivity contribution in [2.75, 3.05) is 5.73 Å². The number of pyridine rings is 1. The van der Waals surface area contributed by atoms with Gasteiger partial charge in [-0.3, -0.25) is 4.98 Å². The molecule has 0 aliphatic rings. The fraction of sp³-hybridized carbons (Fsp3) is 0.0714. The third-order valence-corrected chi connectivity index (χ3v) is 2.95. The van der Waals surface area contributed by atoms with Crippen LogP contribution >= 0.6 is 0 Å². The van der Waals surface area contributed by atoms with Crippen molar-refractivity contribution >= 4 is 5.69 Å². The lowest BCUT2D eigenvalue weighted by atomic mass is 10.1. The standard InChI is InChI=1S/C14H12N4O/c1-9-11(5-2-6-12(9)15)13-17-14(19-18-13)10-4-3-7-16-8-10/h2-8H,15H2,1H3. The van der Waals surface area contributed by atoms with E-state index in [-0.39, 0.29) is 0 Å². The van der Waals surface area contributed by atoms with E-state index in [1.54, 1.807) is 12.4 Å². The summed E-state index contributed by atoms with van der Waals surface area (Å²) in [7, 11) is 0. The van der Waals surface area contributed by atoms with Crippen LogP contribution in [0.25, 0.3) is 22.8 Å². The Morgan fingerprint density at radius 3 is 2.84 bits per heavy atom. The van der Waals surface area contributed by atoms with E-state index >= 15 is 0 Å². The van der Waals surface area contributed by atoms with Crippen LogP contribution in [-0.4, -0.2) is 15.1 Å². The molecule has 1 aromatic carbocycles. The molecule has 3 aromatic rings. The van der Waals surface area contributed by atoms with Crippen molar-refractivity contribution in [3.05, 3.63) is 48.3 Å². The molecule has 0 aliphatic heterocycles. The van der Waals surface area contributed by atoms with Gasteiger partial charge in [-0.2, -0.15) is 4.98 Å². The second-order valence-corrected chi connectivity index (χ2v) is 4.18. The van der Waals surface area contributed by atoms with Gasteiger partial charge >= 0.3 is 0 Å². The van der Waals surface area contributed by atoms with Gasteiger partial charge in [0.15, 0.2) is 0 Å². The second-order valence-electron chi connectivity index (χ2n) is 4.18. The molecule has 0 saturated heterocycles. The number of hydrogen-bond acceptors (Lipinski definition) is 5. The summed E-state index contributed by atoms with van der Waals surface area (Å²) in [6.45, 7) is 1.94. The summed E-state index contributed by atoms with van der Waals surface area (Å²) in [5.41, 5.74) is 9.21. The zero-order valence-electron chi connectivity index (χ0n) is 10.4. The zero-order valence-corrected chi connectivity index (χ0v) is 10.4. The van der Waals surface area contributed by atoms with Crippen molar-refractivity contribution in [3.63, 3.8) is 0 Å². The number of nitrogens with two attached hydrogens (primary N) is 1. The quantitative estimate of drug-likeness (QED) is 0.709. The van der Waals surface area contributed by atoms with Crippen LogP contribution in [0.3, 0.4) is 0 Å². The smallest absolute Gasteiger partial charge is 0.259 e. The van der Waals surface area contributed by atoms with Crippen LogP contribution in [0, 0.1) is 6.92 Å². The summed E-state index contributed by atoms with van der Waals surface area (Å²) in [6.07, 6.45) is 3.38. The minimum absolute atomic E-state index is 0.449. The molecule has 3 rings (SSSR count). The molecular weight excluding hydrogens is 240 g/mol. The maximum Gasteiger partial charge on any atom is 0.259 e. The Morgan fingerprint density at radius 2 is 2.05 bits per heavy atom. The molecule has 2 heterocycles. The van der Waals surface area contributed by atoms with Crippen molar-refractivity contribution in [1.29, 1.82) is 0 Å². The number of aromatic nitrogens is 3. The highest BCUT2D eigenvalue weighted by molar-refractivity contribution is 5.68. The van der Waals surface area contributed by atoms with Crippen LogP contribution in [0.15, 0.2) is 47.2 Å². The summed E-state index contributed by atoms with van der Waals surface area (Å²) in [5.74, 6) is 0.980. The topological polar surface area (TPSA) is 77.8 Å². The summed E-state index contributed by atoms with van der Waals surface area (Å²) in [6, 6.07) is 9.34. The van der Waals surface area contributed by atoms with Crippen LogP contribution in [0.5, 0.6) is 0 Å². The highest BCUT2D eigenvalue weighted by Crippen LogP contribution is 2.26. The molecule has 5 heteroatoms. The van der Waals surface area contributed by atoms with Gasteiger partial charge in [-0.05, 0) is 30.7 Å². The minimum Gasteiger partial charge on any atom is -0.398 e. The van der Waals surface area contributed by atoms with E-state index in [1.165, 1.54) is 0 Å². The average molecular weight is 252 g/mol. The van der Waals surface area contributed by atoms with Gasteiger partial charge in [0, 0.05) is 23.6 Å². The van der Waals surface area contributed by atoms with Gasteiger partial charge in [0.1, 0.15) is 0 Å². The Morgan fingerprint density at radius 1 is 1.16 bits per heavy atom. The lowest BCUT2D eigenvalue weighted by Crippen LogP contribution is -1.92. The molecule has 0 aliphatic carbocycles. The predicted octanol–water partition coefficient (Wildman–Crippen LogP) is 2.69. The minimum atomic E-state index is 0.449. The molecular formula is C14H12N4O. The predicted molar refractivity (Wildman–Crippen MR) is 72.1 cm³/mol. The second kappa shape index (κ2) is 4.53.